The Morgan fingerprint density at radius 1 is 1.00 bits per heavy atom. The molecule has 54 valence electrons. The van der Waals surface area contributed by atoms with E-state index in [-0.39, 0.29) is 5.75 Å². The van der Waals surface area contributed by atoms with Crippen molar-refractivity contribution in [2.24, 2.45) is 0 Å². The molecule has 0 atom stereocenters. The molecule has 0 aromatic carbocycles. The summed E-state index contributed by atoms with van der Waals surface area (Å²) >= 11 is 0. The molecule has 0 aromatic rings. The highest BCUT2D eigenvalue weighted by Gasteiger charge is 2.49. The van der Waals surface area contributed by atoms with Gasteiger partial charge in [0, 0.05) is 10.1 Å². The molecule has 0 N–H and O–H groups in total. The standard InChI is InChI=1S/C2H5Cl5S/c1-2-8(3,4,5,6)7/h2H2,1H3. The minimum atomic E-state index is -4.14. The topological polar surface area (TPSA) is 0 Å². The fourth-order valence-corrected chi connectivity index (χ4v) is 0. The molecule has 6 heteroatoms. The SMILES string of the molecule is CCS(Cl)(Cl)(Cl)(Cl)Cl. The van der Waals surface area contributed by atoms with E-state index in [0.717, 1.165) is 0 Å². The molecule has 8 heavy (non-hydrogen) atoms. The molecule has 0 radical (unpaired) electrons. The van der Waals surface area contributed by atoms with E-state index in [1.807, 2.05) is 0 Å². The van der Waals surface area contributed by atoms with Crippen molar-refractivity contribution in [2.45, 2.75) is 6.92 Å². The van der Waals surface area contributed by atoms with Crippen molar-refractivity contribution >= 4 is 57.8 Å². The summed E-state index contributed by atoms with van der Waals surface area (Å²) in [5.41, 5.74) is 0. The zero-order valence-corrected chi connectivity index (χ0v) is 8.60. The van der Waals surface area contributed by atoms with Crippen molar-refractivity contribution in [3.63, 3.8) is 0 Å². The smallest absolute Gasteiger partial charge is 0.0222 e. The van der Waals surface area contributed by atoms with Gasteiger partial charge in [0.05, 0.1) is 0 Å². The van der Waals surface area contributed by atoms with Crippen molar-refractivity contribution in [1.82, 2.24) is 0 Å². The molecule has 0 nitrogen and oxygen atoms in total. The van der Waals surface area contributed by atoms with Crippen LogP contribution in [0.3, 0.4) is 0 Å². The second-order valence-electron chi connectivity index (χ2n) is 1.42. The Hall–Kier alpha value is 1.80. The van der Waals surface area contributed by atoms with Gasteiger partial charge < -0.3 is 0 Å². The van der Waals surface area contributed by atoms with Crippen LogP contribution in [0, 0.1) is 0 Å². The maximum Gasteiger partial charge on any atom is 0.0222 e. The lowest BCUT2D eigenvalue weighted by molar-refractivity contribution is 1.53. The Balaban J connectivity index is 4.50. The van der Waals surface area contributed by atoms with Gasteiger partial charge in [0.25, 0.3) is 0 Å². The first kappa shape index (κ1) is 9.80. The average molecular weight is 238 g/mol. The number of rotatable bonds is 1. The van der Waals surface area contributed by atoms with Crippen molar-refractivity contribution in [3.8, 4) is 0 Å². The third kappa shape index (κ3) is 7.80. The highest BCUT2D eigenvalue weighted by atomic mass is 36.6. The van der Waals surface area contributed by atoms with Crippen LogP contribution in [-0.4, -0.2) is 5.75 Å². The van der Waals surface area contributed by atoms with Crippen LogP contribution in [0.25, 0.3) is 0 Å². The Morgan fingerprint density at radius 3 is 1.12 bits per heavy atom. The monoisotopic (exact) mass is 236 g/mol. The van der Waals surface area contributed by atoms with Gasteiger partial charge in [0.2, 0.25) is 0 Å². The Bertz CT molecular complexity index is 93.6. The summed E-state index contributed by atoms with van der Waals surface area (Å²) in [5, 5.41) is 0. The molecule has 0 saturated carbocycles. The van der Waals surface area contributed by atoms with Gasteiger partial charge in [-0.15, -0.1) is 0 Å². The molecule has 0 bridgehead atoms. The van der Waals surface area contributed by atoms with Gasteiger partial charge in [0.15, 0.2) is 0 Å². The number of halogens is 5. The molecule has 0 aliphatic rings. The van der Waals surface area contributed by atoms with E-state index in [2.05, 4.69) is 0 Å². The molecular weight excluding hydrogens is 233 g/mol. The summed E-state index contributed by atoms with van der Waals surface area (Å²) in [4.78, 5) is 0. The Kier molecular flexibility index (Phi) is 2.07. The van der Waals surface area contributed by atoms with Crippen molar-refractivity contribution in [1.29, 1.82) is 0 Å². The summed E-state index contributed by atoms with van der Waals surface area (Å²) in [5.74, 6) is 0.147. The van der Waals surface area contributed by atoms with Crippen molar-refractivity contribution in [3.05, 3.63) is 0 Å². The van der Waals surface area contributed by atoms with Crippen LogP contribution in [0.5, 0.6) is 0 Å². The van der Waals surface area contributed by atoms with E-state index in [4.69, 9.17) is 53.4 Å². The molecule has 0 aromatic heterocycles. The molecule has 0 rings (SSSR count). The van der Waals surface area contributed by atoms with Crippen LogP contribution < -0.4 is 0 Å². The highest BCUT2D eigenvalue weighted by Crippen LogP contribution is 3.08. The molecule has 0 amide bonds. The first-order valence-corrected chi connectivity index (χ1v) is 8.52. The highest BCUT2D eigenvalue weighted by molar-refractivity contribution is 9.23. The number of hydrogen-bond acceptors (Lipinski definition) is 0. The quantitative estimate of drug-likeness (QED) is 0.623. The van der Waals surface area contributed by atoms with Gasteiger partial charge in [-0.05, 0) is 53.4 Å². The minimum Gasteiger partial charge on any atom is -0.0538 e. The molecule has 0 aliphatic carbocycles. The van der Waals surface area contributed by atoms with Crippen molar-refractivity contribution in [2.75, 3.05) is 5.75 Å². The molecular formula is C2H5Cl5S. The van der Waals surface area contributed by atoms with Gasteiger partial charge in [-0.2, -0.15) is 0 Å². The van der Waals surface area contributed by atoms with Gasteiger partial charge in [-0.25, -0.2) is 0 Å². The average Bonchev–Trinajstić information content (AvgIpc) is 1.30. The molecule has 0 saturated heterocycles. The van der Waals surface area contributed by atoms with E-state index in [9.17, 15) is 0 Å². The summed E-state index contributed by atoms with van der Waals surface area (Å²) < 4.78 is -4.14. The van der Waals surface area contributed by atoms with Gasteiger partial charge in [-0.1, -0.05) is 6.92 Å². The van der Waals surface area contributed by atoms with E-state index in [0.29, 0.717) is 0 Å². The summed E-state index contributed by atoms with van der Waals surface area (Å²) in [7, 11) is 27.0. The first-order chi connectivity index (χ1) is 3.04. The van der Waals surface area contributed by atoms with E-state index >= 15 is 0 Å². The first-order valence-electron chi connectivity index (χ1n) is 1.77. The van der Waals surface area contributed by atoms with E-state index in [1.54, 1.807) is 6.92 Å². The largest absolute Gasteiger partial charge is 0.0538 e. The fraction of sp³-hybridized carbons (Fsp3) is 1.00. The summed E-state index contributed by atoms with van der Waals surface area (Å²) in [6, 6.07) is 0. The van der Waals surface area contributed by atoms with Crippen LogP contribution in [0.2, 0.25) is 0 Å². The van der Waals surface area contributed by atoms with Crippen LogP contribution in [0.15, 0.2) is 0 Å². The van der Waals surface area contributed by atoms with Crippen LogP contribution in [-0.2, 0) is 0 Å². The lowest BCUT2D eigenvalue weighted by Gasteiger charge is -2.49. The van der Waals surface area contributed by atoms with Gasteiger partial charge in [0.1, 0.15) is 0 Å². The normalized spacial score (nSPS) is 21.8. The fourth-order valence-electron chi connectivity index (χ4n) is 0. The zero-order valence-electron chi connectivity index (χ0n) is 4.01. The third-order valence-electron chi connectivity index (χ3n) is 0.546. The lowest BCUT2D eigenvalue weighted by Crippen LogP contribution is -1.98. The maximum atomic E-state index is 5.41. The Labute approximate surface area is 70.1 Å². The molecule has 0 fully saturated rings. The molecule has 0 spiro atoms. The van der Waals surface area contributed by atoms with Gasteiger partial charge in [-0.3, -0.25) is 0 Å². The summed E-state index contributed by atoms with van der Waals surface area (Å²) in [6.07, 6.45) is 0. The second-order valence-corrected chi connectivity index (χ2v) is 21.5. The second kappa shape index (κ2) is 1.69. The maximum absolute atomic E-state index is 5.41. The molecule has 0 unspecified atom stereocenters. The summed E-state index contributed by atoms with van der Waals surface area (Å²) in [6.45, 7) is 1.62. The van der Waals surface area contributed by atoms with Crippen molar-refractivity contribution < 1.29 is 0 Å². The predicted octanol–water partition coefficient (Wildman–Crippen LogP) is 4.65. The van der Waals surface area contributed by atoms with Crippen LogP contribution in [0.1, 0.15) is 6.92 Å². The minimum absolute atomic E-state index is 0.147. The zero-order chi connectivity index (χ0) is 7.12. The van der Waals surface area contributed by atoms with E-state index < -0.39 is 4.36 Å². The third-order valence-corrected chi connectivity index (χ3v) is 4.91. The van der Waals surface area contributed by atoms with Gasteiger partial charge >= 0.3 is 0 Å². The molecule has 0 heterocycles. The van der Waals surface area contributed by atoms with Crippen LogP contribution >= 0.6 is 57.8 Å². The lowest BCUT2D eigenvalue weighted by atomic mass is 11.0. The van der Waals surface area contributed by atoms with E-state index in [1.165, 1.54) is 0 Å². The number of hydrogen-bond donors (Lipinski definition) is 0. The predicted molar refractivity (Wildman–Crippen MR) is 47.4 cm³/mol. The molecule has 0 aliphatic heterocycles. The Morgan fingerprint density at radius 2 is 1.12 bits per heavy atom. The van der Waals surface area contributed by atoms with Crippen LogP contribution in [0.4, 0.5) is 0 Å².